The van der Waals surface area contributed by atoms with Crippen molar-refractivity contribution in [1.82, 2.24) is 19.9 Å². The van der Waals surface area contributed by atoms with Crippen LogP contribution in [0.25, 0.3) is 21.4 Å². The highest BCUT2D eigenvalue weighted by Crippen LogP contribution is 2.27. The highest BCUT2D eigenvalue weighted by Gasteiger charge is 2.14. The fourth-order valence-corrected chi connectivity index (χ4v) is 4.29. The third kappa shape index (κ3) is 2.71. The maximum absolute atomic E-state index is 11.6. The van der Waals surface area contributed by atoms with Gasteiger partial charge in [0.25, 0.3) is 0 Å². The number of aromatic nitrogens is 4. The Morgan fingerprint density at radius 1 is 1.22 bits per heavy atom. The molecule has 1 aromatic carbocycles. The number of imidazole rings is 1. The molecule has 0 bridgehead atoms. The van der Waals surface area contributed by atoms with Gasteiger partial charge in [-0.1, -0.05) is 6.07 Å². The standard InChI is InChI=1S/C15H12N4O2S2/c1-23(20,21)15-18-10-5-4-9(7-12(10)22-15)8-13-17-11-3-2-6-16-14(11)19-13/h2-7H,8H2,1H3,(H,16,17,19). The molecule has 8 heteroatoms. The van der Waals surface area contributed by atoms with E-state index in [4.69, 9.17) is 0 Å². The second-order valence-corrected chi connectivity index (χ2v) is 8.51. The van der Waals surface area contributed by atoms with Crippen LogP contribution < -0.4 is 0 Å². The predicted molar refractivity (Wildman–Crippen MR) is 89.4 cm³/mol. The van der Waals surface area contributed by atoms with Gasteiger partial charge < -0.3 is 4.98 Å². The van der Waals surface area contributed by atoms with Gasteiger partial charge in [0.1, 0.15) is 5.82 Å². The van der Waals surface area contributed by atoms with Gasteiger partial charge in [-0.3, -0.25) is 0 Å². The summed E-state index contributed by atoms with van der Waals surface area (Å²) in [6.45, 7) is 0. The summed E-state index contributed by atoms with van der Waals surface area (Å²) in [5.74, 6) is 0.825. The van der Waals surface area contributed by atoms with Crippen molar-refractivity contribution in [3.63, 3.8) is 0 Å². The van der Waals surface area contributed by atoms with Crippen LogP contribution in [0.2, 0.25) is 0 Å². The van der Waals surface area contributed by atoms with Gasteiger partial charge in [-0.05, 0) is 29.8 Å². The maximum atomic E-state index is 11.6. The molecule has 0 aliphatic rings. The molecule has 0 radical (unpaired) electrons. The average Bonchev–Trinajstić information content (AvgIpc) is 3.09. The Kier molecular flexibility index (Phi) is 3.17. The van der Waals surface area contributed by atoms with E-state index in [2.05, 4.69) is 19.9 Å². The first kappa shape index (κ1) is 14.3. The van der Waals surface area contributed by atoms with E-state index < -0.39 is 9.84 Å². The molecule has 4 aromatic rings. The van der Waals surface area contributed by atoms with Crippen LogP contribution in [-0.4, -0.2) is 34.6 Å². The number of hydrogen-bond donors (Lipinski definition) is 1. The topological polar surface area (TPSA) is 88.6 Å². The summed E-state index contributed by atoms with van der Waals surface area (Å²) in [6, 6.07) is 9.54. The van der Waals surface area contributed by atoms with Crippen molar-refractivity contribution in [1.29, 1.82) is 0 Å². The molecule has 0 aliphatic carbocycles. The lowest BCUT2D eigenvalue weighted by atomic mass is 10.1. The molecule has 0 spiro atoms. The van der Waals surface area contributed by atoms with Crippen LogP contribution in [0.3, 0.4) is 0 Å². The van der Waals surface area contributed by atoms with Gasteiger partial charge in [-0.2, -0.15) is 0 Å². The van der Waals surface area contributed by atoms with Crippen LogP contribution in [0.5, 0.6) is 0 Å². The first-order chi connectivity index (χ1) is 11.0. The number of rotatable bonds is 3. The molecule has 116 valence electrons. The lowest BCUT2D eigenvalue weighted by molar-refractivity contribution is 0.601. The third-order valence-corrected chi connectivity index (χ3v) is 6.13. The van der Waals surface area contributed by atoms with Gasteiger partial charge in [0, 0.05) is 18.9 Å². The summed E-state index contributed by atoms with van der Waals surface area (Å²) < 4.78 is 24.2. The first-order valence-electron chi connectivity index (χ1n) is 6.88. The van der Waals surface area contributed by atoms with Crippen LogP contribution in [0.15, 0.2) is 40.9 Å². The average molecular weight is 344 g/mol. The molecule has 0 fully saturated rings. The molecule has 0 atom stereocenters. The van der Waals surface area contributed by atoms with Crippen molar-refractivity contribution < 1.29 is 8.42 Å². The summed E-state index contributed by atoms with van der Waals surface area (Å²) >= 11 is 1.19. The summed E-state index contributed by atoms with van der Waals surface area (Å²) in [5, 5.41) is 0. The Morgan fingerprint density at radius 2 is 2.09 bits per heavy atom. The van der Waals surface area contributed by atoms with Crippen molar-refractivity contribution in [3.05, 3.63) is 47.9 Å². The third-order valence-electron chi connectivity index (χ3n) is 3.43. The summed E-state index contributed by atoms with van der Waals surface area (Å²) in [4.78, 5) is 16.1. The number of pyridine rings is 1. The SMILES string of the molecule is CS(=O)(=O)c1nc2ccc(Cc3nc4ncccc4[nH]3)cc2s1. The van der Waals surface area contributed by atoms with Crippen LogP contribution in [0.1, 0.15) is 11.4 Å². The molecule has 0 amide bonds. The minimum Gasteiger partial charge on any atom is -0.340 e. The largest absolute Gasteiger partial charge is 0.340 e. The highest BCUT2D eigenvalue weighted by atomic mass is 32.2. The van der Waals surface area contributed by atoms with E-state index in [-0.39, 0.29) is 4.34 Å². The molecule has 4 rings (SSSR count). The van der Waals surface area contributed by atoms with Gasteiger partial charge in [0.05, 0.1) is 15.7 Å². The Hall–Kier alpha value is -2.32. The zero-order valence-electron chi connectivity index (χ0n) is 12.1. The van der Waals surface area contributed by atoms with E-state index in [9.17, 15) is 8.42 Å². The van der Waals surface area contributed by atoms with Crippen LogP contribution in [-0.2, 0) is 16.3 Å². The van der Waals surface area contributed by atoms with Crippen LogP contribution >= 0.6 is 11.3 Å². The molecule has 0 saturated heterocycles. The van der Waals surface area contributed by atoms with Crippen molar-refractivity contribution in [3.8, 4) is 0 Å². The van der Waals surface area contributed by atoms with Crippen molar-refractivity contribution >= 4 is 42.6 Å². The Balaban J connectivity index is 1.71. The second kappa shape index (κ2) is 5.10. The smallest absolute Gasteiger partial charge is 0.210 e. The quantitative estimate of drug-likeness (QED) is 0.617. The molecular weight excluding hydrogens is 332 g/mol. The molecule has 6 nitrogen and oxygen atoms in total. The van der Waals surface area contributed by atoms with E-state index in [1.54, 1.807) is 6.20 Å². The molecule has 23 heavy (non-hydrogen) atoms. The number of fused-ring (bicyclic) bond motifs is 2. The van der Waals surface area contributed by atoms with Crippen molar-refractivity contribution in [2.24, 2.45) is 0 Å². The monoisotopic (exact) mass is 344 g/mol. The normalized spacial score (nSPS) is 12.2. The Morgan fingerprint density at radius 3 is 2.87 bits per heavy atom. The highest BCUT2D eigenvalue weighted by molar-refractivity contribution is 7.92. The number of nitrogens with one attached hydrogen (secondary N) is 1. The fourth-order valence-electron chi connectivity index (χ4n) is 2.39. The van der Waals surface area contributed by atoms with E-state index >= 15 is 0 Å². The van der Waals surface area contributed by atoms with Gasteiger partial charge in [0.15, 0.2) is 5.65 Å². The number of benzene rings is 1. The predicted octanol–water partition coefficient (Wildman–Crippen LogP) is 2.56. The Bertz CT molecular complexity index is 1100. The van der Waals surface area contributed by atoms with Gasteiger partial charge in [-0.15, -0.1) is 11.3 Å². The number of sulfone groups is 1. The summed E-state index contributed by atoms with van der Waals surface area (Å²) in [6.07, 6.45) is 3.51. The van der Waals surface area contributed by atoms with E-state index in [0.29, 0.717) is 17.6 Å². The van der Waals surface area contributed by atoms with Gasteiger partial charge in [-0.25, -0.2) is 23.4 Å². The minimum atomic E-state index is -3.27. The lowest BCUT2D eigenvalue weighted by Gasteiger charge is -1.97. The Labute approximate surface area is 136 Å². The number of hydrogen-bond acceptors (Lipinski definition) is 6. The molecule has 1 N–H and O–H groups in total. The molecule has 0 saturated carbocycles. The molecule has 0 aliphatic heterocycles. The summed E-state index contributed by atoms with van der Waals surface area (Å²) in [5.41, 5.74) is 3.34. The fraction of sp³-hybridized carbons (Fsp3) is 0.133. The molecule has 0 unspecified atom stereocenters. The number of H-pyrrole nitrogens is 1. The molecule has 3 heterocycles. The van der Waals surface area contributed by atoms with Gasteiger partial charge in [0.2, 0.25) is 14.2 Å². The van der Waals surface area contributed by atoms with Crippen molar-refractivity contribution in [2.75, 3.05) is 6.26 Å². The number of aromatic amines is 1. The maximum Gasteiger partial charge on any atom is 0.210 e. The summed E-state index contributed by atoms with van der Waals surface area (Å²) in [7, 11) is -3.27. The minimum absolute atomic E-state index is 0.151. The van der Waals surface area contributed by atoms with E-state index in [1.807, 2.05) is 30.3 Å². The van der Waals surface area contributed by atoms with Crippen LogP contribution in [0.4, 0.5) is 0 Å². The number of thiazole rings is 1. The van der Waals surface area contributed by atoms with Crippen LogP contribution in [0, 0.1) is 0 Å². The van der Waals surface area contributed by atoms with Gasteiger partial charge >= 0.3 is 0 Å². The van der Waals surface area contributed by atoms with Crippen molar-refractivity contribution in [2.45, 2.75) is 10.8 Å². The van der Waals surface area contributed by atoms with E-state index in [0.717, 1.165) is 21.6 Å². The lowest BCUT2D eigenvalue weighted by Crippen LogP contribution is -1.94. The zero-order valence-corrected chi connectivity index (χ0v) is 13.8. The molecule has 3 aromatic heterocycles. The first-order valence-corrected chi connectivity index (χ1v) is 9.59. The second-order valence-electron chi connectivity index (χ2n) is 5.29. The van der Waals surface area contributed by atoms with E-state index in [1.165, 1.54) is 17.6 Å². The number of nitrogens with zero attached hydrogens (tertiary/aromatic N) is 3. The molecular formula is C15H12N4O2S2. The zero-order chi connectivity index (χ0) is 16.0.